The third kappa shape index (κ3) is 3.13. The highest BCUT2D eigenvalue weighted by Gasteiger charge is 2.08. The smallest absolute Gasteiger partial charge is 0.273 e. The maximum Gasteiger partial charge on any atom is 0.273 e. The molecule has 0 saturated heterocycles. The zero-order chi connectivity index (χ0) is 12.8. The quantitative estimate of drug-likeness (QED) is 0.564. The predicted molar refractivity (Wildman–Crippen MR) is 69.8 cm³/mol. The Morgan fingerprint density at radius 1 is 1.28 bits per heavy atom. The van der Waals surface area contributed by atoms with Crippen LogP contribution in [0.1, 0.15) is 29.6 Å². The monoisotopic (exact) mass is 244 g/mol. The molecule has 0 aliphatic heterocycles. The Morgan fingerprint density at radius 2 is 2.11 bits per heavy atom. The van der Waals surface area contributed by atoms with Gasteiger partial charge in [0.2, 0.25) is 0 Å². The summed E-state index contributed by atoms with van der Waals surface area (Å²) in [5.41, 5.74) is 6.81. The van der Waals surface area contributed by atoms with E-state index in [0.29, 0.717) is 0 Å². The minimum atomic E-state index is -0.351. The van der Waals surface area contributed by atoms with Crippen LogP contribution in [0.2, 0.25) is 0 Å². The van der Waals surface area contributed by atoms with Gasteiger partial charge in [-0.3, -0.25) is 10.2 Å². The van der Waals surface area contributed by atoms with Crippen LogP contribution in [-0.2, 0) is 0 Å². The van der Waals surface area contributed by atoms with Gasteiger partial charge in [0, 0.05) is 6.20 Å². The lowest BCUT2D eigenvalue weighted by molar-refractivity contribution is 0.0938. The molecule has 4 heteroatoms. The standard InChI is InChI=1S/C14H16N2O2/c17-13-9-5-4-8-12(13)14(18)16-15-10-11-6-2-1-3-7-11/h1-2,4-5,8-10,15,17H,3,6-7H2,(H,16,18). The molecule has 0 aromatic heterocycles. The minimum Gasteiger partial charge on any atom is -0.507 e. The number of hydrogen-bond acceptors (Lipinski definition) is 3. The molecule has 1 aliphatic carbocycles. The summed E-state index contributed by atoms with van der Waals surface area (Å²) < 4.78 is 0. The fraction of sp³-hybridized carbons (Fsp3) is 0.214. The molecule has 3 N–H and O–H groups in total. The van der Waals surface area contributed by atoms with Gasteiger partial charge in [0.1, 0.15) is 5.75 Å². The van der Waals surface area contributed by atoms with E-state index in [4.69, 9.17) is 0 Å². The van der Waals surface area contributed by atoms with Gasteiger partial charge in [0.15, 0.2) is 0 Å². The van der Waals surface area contributed by atoms with Gasteiger partial charge in [0.05, 0.1) is 5.56 Å². The van der Waals surface area contributed by atoms with E-state index in [9.17, 15) is 9.90 Å². The highest BCUT2D eigenvalue weighted by Crippen LogP contribution is 2.16. The van der Waals surface area contributed by atoms with Crippen LogP contribution in [0.25, 0.3) is 0 Å². The second-order valence-corrected chi connectivity index (χ2v) is 4.13. The van der Waals surface area contributed by atoms with E-state index in [1.807, 2.05) is 0 Å². The van der Waals surface area contributed by atoms with Crippen LogP contribution in [0.5, 0.6) is 5.75 Å². The van der Waals surface area contributed by atoms with Gasteiger partial charge in [0.25, 0.3) is 5.91 Å². The number of carbonyl (C=O) groups excluding carboxylic acids is 1. The number of amides is 1. The topological polar surface area (TPSA) is 61.4 Å². The average molecular weight is 244 g/mol. The molecule has 1 amide bonds. The Hall–Kier alpha value is -2.23. The first-order chi connectivity index (χ1) is 8.77. The van der Waals surface area contributed by atoms with E-state index in [1.54, 1.807) is 24.4 Å². The number of phenols is 1. The van der Waals surface area contributed by atoms with Gasteiger partial charge in [-0.2, -0.15) is 0 Å². The lowest BCUT2D eigenvalue weighted by Crippen LogP contribution is -2.33. The Kier molecular flexibility index (Phi) is 4.02. The fourth-order valence-electron chi connectivity index (χ4n) is 1.79. The van der Waals surface area contributed by atoms with Crippen molar-refractivity contribution in [1.29, 1.82) is 0 Å². The van der Waals surface area contributed by atoms with Crippen molar-refractivity contribution in [3.63, 3.8) is 0 Å². The van der Waals surface area contributed by atoms with E-state index in [1.165, 1.54) is 11.6 Å². The Morgan fingerprint density at radius 3 is 2.83 bits per heavy atom. The van der Waals surface area contributed by atoms with E-state index < -0.39 is 0 Å². The molecule has 4 nitrogen and oxygen atoms in total. The van der Waals surface area contributed by atoms with Crippen molar-refractivity contribution in [1.82, 2.24) is 10.9 Å². The second kappa shape index (κ2) is 5.91. The number of carbonyl (C=O) groups is 1. The van der Waals surface area contributed by atoms with Gasteiger partial charge in [-0.1, -0.05) is 24.3 Å². The number of phenolic OH excluding ortho intramolecular Hbond substituents is 1. The van der Waals surface area contributed by atoms with Crippen LogP contribution in [0.15, 0.2) is 48.2 Å². The third-order valence-corrected chi connectivity index (χ3v) is 2.79. The highest BCUT2D eigenvalue weighted by molar-refractivity contribution is 5.96. The zero-order valence-corrected chi connectivity index (χ0v) is 10.0. The van der Waals surface area contributed by atoms with Crippen molar-refractivity contribution in [3.05, 3.63) is 53.8 Å². The number of nitrogens with one attached hydrogen (secondary N) is 2. The second-order valence-electron chi connectivity index (χ2n) is 4.13. The van der Waals surface area contributed by atoms with Crippen molar-refractivity contribution in [2.75, 3.05) is 0 Å². The lowest BCUT2D eigenvalue weighted by atomic mass is 10.0. The molecular weight excluding hydrogens is 228 g/mol. The molecule has 1 aromatic carbocycles. The highest BCUT2D eigenvalue weighted by atomic mass is 16.3. The van der Waals surface area contributed by atoms with E-state index in [0.717, 1.165) is 19.3 Å². The average Bonchev–Trinajstić information content (AvgIpc) is 2.40. The molecule has 0 heterocycles. The predicted octanol–water partition coefficient (Wildman–Crippen LogP) is 2.25. The minimum absolute atomic E-state index is 0.0231. The fourth-order valence-corrected chi connectivity index (χ4v) is 1.79. The molecule has 2 rings (SSSR count). The molecule has 18 heavy (non-hydrogen) atoms. The maximum absolute atomic E-state index is 11.7. The SMILES string of the molecule is O=C(NNC=C1CC=CCC1)c1ccccc1O. The molecule has 0 saturated carbocycles. The number of hydrazine groups is 1. The summed E-state index contributed by atoms with van der Waals surface area (Å²) in [7, 11) is 0. The molecular formula is C14H16N2O2. The van der Waals surface area contributed by atoms with Crippen LogP contribution in [0.3, 0.4) is 0 Å². The summed E-state index contributed by atoms with van der Waals surface area (Å²) in [4.78, 5) is 11.7. The van der Waals surface area contributed by atoms with Crippen LogP contribution in [0.4, 0.5) is 0 Å². The number of benzene rings is 1. The van der Waals surface area contributed by atoms with E-state index in [2.05, 4.69) is 23.0 Å². The molecule has 94 valence electrons. The molecule has 0 spiro atoms. The van der Waals surface area contributed by atoms with Crippen molar-refractivity contribution in [2.24, 2.45) is 0 Å². The number of allylic oxidation sites excluding steroid dienone is 3. The number of aromatic hydroxyl groups is 1. The Balaban J connectivity index is 1.89. The van der Waals surface area contributed by atoms with Gasteiger partial charge < -0.3 is 10.5 Å². The molecule has 1 aromatic rings. The van der Waals surface area contributed by atoms with Crippen LogP contribution in [0, 0.1) is 0 Å². The zero-order valence-electron chi connectivity index (χ0n) is 10.0. The summed E-state index contributed by atoms with van der Waals surface area (Å²) >= 11 is 0. The summed E-state index contributed by atoms with van der Waals surface area (Å²) in [6, 6.07) is 6.44. The molecule has 0 radical (unpaired) electrons. The largest absolute Gasteiger partial charge is 0.507 e. The first-order valence-corrected chi connectivity index (χ1v) is 5.94. The van der Waals surface area contributed by atoms with E-state index in [-0.39, 0.29) is 17.2 Å². The molecule has 1 aliphatic rings. The molecule has 0 bridgehead atoms. The van der Waals surface area contributed by atoms with Crippen molar-refractivity contribution in [2.45, 2.75) is 19.3 Å². The molecule has 0 atom stereocenters. The van der Waals surface area contributed by atoms with E-state index >= 15 is 0 Å². The first kappa shape index (κ1) is 12.2. The number of hydrogen-bond donors (Lipinski definition) is 3. The Labute approximate surface area is 106 Å². The Bertz CT molecular complexity index is 492. The number of rotatable bonds is 3. The number of para-hydroxylation sites is 1. The normalized spacial score (nSPS) is 16.6. The third-order valence-electron chi connectivity index (χ3n) is 2.79. The van der Waals surface area contributed by atoms with Gasteiger partial charge in [-0.25, -0.2) is 0 Å². The summed E-state index contributed by atoms with van der Waals surface area (Å²) in [6.45, 7) is 0. The van der Waals surface area contributed by atoms with Crippen molar-refractivity contribution < 1.29 is 9.90 Å². The van der Waals surface area contributed by atoms with Crippen LogP contribution in [-0.4, -0.2) is 11.0 Å². The summed E-state index contributed by atoms with van der Waals surface area (Å²) in [5, 5.41) is 9.52. The van der Waals surface area contributed by atoms with Crippen molar-refractivity contribution >= 4 is 5.91 Å². The van der Waals surface area contributed by atoms with Crippen molar-refractivity contribution in [3.8, 4) is 5.75 Å². The first-order valence-electron chi connectivity index (χ1n) is 5.94. The van der Waals surface area contributed by atoms with Gasteiger partial charge >= 0.3 is 0 Å². The van der Waals surface area contributed by atoms with Gasteiger partial charge in [-0.15, -0.1) is 0 Å². The summed E-state index contributed by atoms with van der Waals surface area (Å²) in [6.07, 6.45) is 9.04. The summed E-state index contributed by atoms with van der Waals surface area (Å²) in [5.74, 6) is -0.374. The van der Waals surface area contributed by atoms with Crippen LogP contribution < -0.4 is 10.9 Å². The molecule has 0 unspecified atom stereocenters. The lowest BCUT2D eigenvalue weighted by Gasteiger charge is -2.10. The van der Waals surface area contributed by atoms with Crippen LogP contribution >= 0.6 is 0 Å². The van der Waals surface area contributed by atoms with Gasteiger partial charge in [-0.05, 0) is 37.0 Å². The molecule has 0 fully saturated rings. The maximum atomic E-state index is 11.7.